The Morgan fingerprint density at radius 3 is 2.20 bits per heavy atom. The highest BCUT2D eigenvalue weighted by atomic mass is 32.2. The lowest BCUT2D eigenvalue weighted by atomic mass is 10.2. The predicted molar refractivity (Wildman–Crippen MR) is 87.2 cm³/mol. The molecule has 3 heteroatoms. The van der Waals surface area contributed by atoms with Gasteiger partial charge < -0.3 is 9.80 Å². The van der Waals surface area contributed by atoms with Gasteiger partial charge in [-0.3, -0.25) is 0 Å². The zero-order chi connectivity index (χ0) is 18.9. The van der Waals surface area contributed by atoms with E-state index in [-0.39, 0.29) is 6.54 Å². The van der Waals surface area contributed by atoms with E-state index in [1.165, 1.54) is 0 Å². The molecule has 0 spiro atoms. The molecule has 0 saturated heterocycles. The van der Waals surface area contributed by atoms with Crippen LogP contribution in [0, 0.1) is 0 Å². The molecular formula is C17H20N2S. The second kappa shape index (κ2) is 5.90. The van der Waals surface area contributed by atoms with Gasteiger partial charge in [0, 0.05) is 24.6 Å². The number of para-hydroxylation sites is 2. The fourth-order valence-electron chi connectivity index (χ4n) is 2.41. The zero-order valence-electron chi connectivity index (χ0n) is 17.0. The van der Waals surface area contributed by atoms with Crippen LogP contribution in [-0.4, -0.2) is 31.9 Å². The van der Waals surface area contributed by atoms with Gasteiger partial charge in [-0.1, -0.05) is 36.0 Å². The summed E-state index contributed by atoms with van der Waals surface area (Å²) in [5, 5.41) is 0. The van der Waals surface area contributed by atoms with E-state index in [9.17, 15) is 0 Å². The molecule has 1 aliphatic rings. The average Bonchev–Trinajstić information content (AvgIpc) is 2.55. The van der Waals surface area contributed by atoms with E-state index < -0.39 is 14.0 Å². The Hall–Kier alpha value is -1.45. The highest BCUT2D eigenvalue weighted by molar-refractivity contribution is 7.99. The number of rotatable bonds is 4. The van der Waals surface area contributed by atoms with Gasteiger partial charge in [-0.2, -0.15) is 0 Å². The van der Waals surface area contributed by atoms with Crippen molar-refractivity contribution in [2.45, 2.75) is 16.2 Å². The van der Waals surface area contributed by atoms with Crippen molar-refractivity contribution in [2.24, 2.45) is 0 Å². The third-order valence-electron chi connectivity index (χ3n) is 3.30. The van der Waals surface area contributed by atoms with E-state index >= 15 is 0 Å². The van der Waals surface area contributed by atoms with E-state index in [4.69, 9.17) is 8.22 Å². The maximum Gasteiger partial charge on any atom is 0.0552 e. The maximum absolute atomic E-state index is 7.48. The molecule has 0 amide bonds. The number of hydrogen-bond donors (Lipinski definition) is 0. The summed E-state index contributed by atoms with van der Waals surface area (Å²) in [6.45, 7) is -4.77. The molecule has 20 heavy (non-hydrogen) atoms. The largest absolute Gasteiger partial charge is 0.340 e. The normalized spacial score (nSPS) is 18.9. The molecule has 0 saturated carbocycles. The molecule has 1 aliphatic heterocycles. The van der Waals surface area contributed by atoms with Gasteiger partial charge in [0.2, 0.25) is 0 Å². The van der Waals surface area contributed by atoms with Crippen LogP contribution in [0.4, 0.5) is 11.4 Å². The molecule has 0 bridgehead atoms. The monoisotopic (exact) mass is 290 g/mol. The van der Waals surface area contributed by atoms with E-state index in [0.29, 0.717) is 17.9 Å². The van der Waals surface area contributed by atoms with Crippen LogP contribution in [0.1, 0.15) is 14.6 Å². The minimum atomic E-state index is -2.64. The fourth-order valence-corrected chi connectivity index (χ4v) is 3.50. The minimum Gasteiger partial charge on any atom is -0.340 e. The minimum absolute atomic E-state index is 0.0268. The molecule has 104 valence electrons. The molecule has 0 N–H and O–H groups in total. The van der Waals surface area contributed by atoms with Crippen molar-refractivity contribution in [3.8, 4) is 0 Å². The Morgan fingerprint density at radius 2 is 1.60 bits per heavy atom. The Morgan fingerprint density at radius 1 is 1.00 bits per heavy atom. The lowest BCUT2D eigenvalue weighted by Crippen LogP contribution is -2.25. The summed E-state index contributed by atoms with van der Waals surface area (Å²) in [5.41, 5.74) is 2.12. The predicted octanol–water partition coefficient (Wildman–Crippen LogP) is 4.24. The molecule has 0 fully saturated rings. The van der Waals surface area contributed by atoms with Crippen LogP contribution in [0.15, 0.2) is 58.3 Å². The van der Waals surface area contributed by atoms with Crippen molar-refractivity contribution in [1.29, 1.82) is 0 Å². The van der Waals surface area contributed by atoms with Crippen LogP contribution in [0.5, 0.6) is 0 Å². The maximum atomic E-state index is 7.48. The van der Waals surface area contributed by atoms with E-state index in [0.717, 1.165) is 21.2 Å². The highest BCUT2D eigenvalue weighted by Crippen LogP contribution is 2.47. The van der Waals surface area contributed by atoms with Crippen LogP contribution < -0.4 is 4.90 Å². The third kappa shape index (κ3) is 2.69. The van der Waals surface area contributed by atoms with Crippen LogP contribution in [-0.2, 0) is 0 Å². The van der Waals surface area contributed by atoms with Crippen molar-refractivity contribution in [1.82, 2.24) is 4.90 Å². The molecule has 0 aromatic heterocycles. The number of hydrogen-bond acceptors (Lipinski definition) is 3. The molecule has 3 rings (SSSR count). The number of nitrogens with zero attached hydrogens (tertiary/aromatic N) is 2. The fraction of sp³-hybridized carbons (Fsp3) is 0.294. The third-order valence-corrected chi connectivity index (χ3v) is 4.43. The molecule has 0 radical (unpaired) electrons. The van der Waals surface area contributed by atoms with Crippen LogP contribution in [0.3, 0.4) is 0 Å². The van der Waals surface area contributed by atoms with Gasteiger partial charge in [0.05, 0.1) is 11.4 Å². The molecule has 0 atom stereocenters. The van der Waals surface area contributed by atoms with Crippen molar-refractivity contribution < 1.29 is 8.22 Å². The Kier molecular flexibility index (Phi) is 2.39. The summed E-state index contributed by atoms with van der Waals surface area (Å²) in [6.07, 6.45) is 0.421. The first-order valence-electron chi connectivity index (χ1n) is 9.59. The van der Waals surface area contributed by atoms with Gasteiger partial charge in [0.25, 0.3) is 0 Å². The Balaban J connectivity index is 1.80. The van der Waals surface area contributed by atoms with Gasteiger partial charge in [0.1, 0.15) is 0 Å². The van der Waals surface area contributed by atoms with Crippen molar-refractivity contribution in [3.05, 3.63) is 48.5 Å². The second-order valence-electron chi connectivity index (χ2n) is 4.69. The Labute approximate surface area is 133 Å². The standard InChI is InChI=1S/C17H20N2S/c1-18(2)12-7-13-19-14-8-3-5-10-16(14)20-17-11-6-4-9-15(17)19/h3-6,8-11H,7,12-13H2,1-2H3/i1D3,2D3. The van der Waals surface area contributed by atoms with Crippen molar-refractivity contribution >= 4 is 23.1 Å². The molecule has 2 nitrogen and oxygen atoms in total. The average molecular weight is 290 g/mol. The van der Waals surface area contributed by atoms with E-state index in [2.05, 4.69) is 17.0 Å². The number of anilines is 2. The van der Waals surface area contributed by atoms with Crippen LogP contribution in [0.2, 0.25) is 0 Å². The Bertz CT molecular complexity index is 715. The molecule has 2 aromatic rings. The lowest BCUT2D eigenvalue weighted by Gasteiger charge is -2.33. The smallest absolute Gasteiger partial charge is 0.0552 e. The molecular weight excluding hydrogens is 264 g/mol. The molecule has 0 aliphatic carbocycles. The first-order valence-corrected chi connectivity index (χ1v) is 7.41. The quantitative estimate of drug-likeness (QED) is 0.831. The molecule has 1 heterocycles. The van der Waals surface area contributed by atoms with Gasteiger partial charge in [0.15, 0.2) is 0 Å². The van der Waals surface area contributed by atoms with Gasteiger partial charge in [-0.25, -0.2) is 0 Å². The van der Waals surface area contributed by atoms with Gasteiger partial charge in [-0.05, 0) is 51.2 Å². The molecule has 0 unspecified atom stereocenters. The van der Waals surface area contributed by atoms with Crippen LogP contribution >= 0.6 is 11.8 Å². The topological polar surface area (TPSA) is 6.48 Å². The molecule has 2 aromatic carbocycles. The van der Waals surface area contributed by atoms with Crippen molar-refractivity contribution in [2.75, 3.05) is 31.9 Å². The van der Waals surface area contributed by atoms with E-state index in [1.807, 2.05) is 36.4 Å². The lowest BCUT2D eigenvalue weighted by molar-refractivity contribution is 0.402. The van der Waals surface area contributed by atoms with E-state index in [1.54, 1.807) is 11.8 Å². The number of benzene rings is 2. The summed E-state index contributed by atoms with van der Waals surface area (Å²) in [4.78, 5) is 5.03. The zero-order valence-corrected chi connectivity index (χ0v) is 11.9. The second-order valence-corrected chi connectivity index (χ2v) is 5.78. The van der Waals surface area contributed by atoms with Gasteiger partial charge >= 0.3 is 0 Å². The summed E-state index contributed by atoms with van der Waals surface area (Å²) in [5.74, 6) is 0. The van der Waals surface area contributed by atoms with Crippen LogP contribution in [0.25, 0.3) is 0 Å². The summed E-state index contributed by atoms with van der Waals surface area (Å²) >= 11 is 1.70. The van der Waals surface area contributed by atoms with Crippen molar-refractivity contribution in [3.63, 3.8) is 0 Å². The highest BCUT2D eigenvalue weighted by Gasteiger charge is 2.22. The number of fused-ring (bicyclic) bond motifs is 2. The summed E-state index contributed by atoms with van der Waals surface area (Å²) in [6, 6.07) is 16.1. The van der Waals surface area contributed by atoms with Gasteiger partial charge in [-0.15, -0.1) is 0 Å². The SMILES string of the molecule is [2H]C([2H])([2H])N(CCCN1c2ccccc2Sc2ccccc21)C([2H])([2H])[2H]. The summed E-state index contributed by atoms with van der Waals surface area (Å²) in [7, 11) is 0. The first kappa shape index (κ1) is 8.11. The summed E-state index contributed by atoms with van der Waals surface area (Å²) < 4.78 is 44.9. The first-order chi connectivity index (χ1) is 12.2.